The van der Waals surface area contributed by atoms with E-state index in [1.54, 1.807) is 31.2 Å². The zero-order chi connectivity index (χ0) is 10.8. The second-order valence-electron chi connectivity index (χ2n) is 2.91. The summed E-state index contributed by atoms with van der Waals surface area (Å²) >= 11 is 0. The lowest BCUT2D eigenvalue weighted by molar-refractivity contribution is 0.319. The summed E-state index contributed by atoms with van der Waals surface area (Å²) in [7, 11) is -3.31. The number of oxime groups is 1. The van der Waals surface area contributed by atoms with Crippen molar-refractivity contribution in [2.75, 3.05) is 0 Å². The highest BCUT2D eigenvalue weighted by Crippen LogP contribution is 2.25. The van der Waals surface area contributed by atoms with Crippen LogP contribution in [0.3, 0.4) is 0 Å². The third-order valence-corrected chi connectivity index (χ3v) is 2.96. The molecule has 5 nitrogen and oxygen atoms in total. The third-order valence-electron chi connectivity index (χ3n) is 1.82. The Morgan fingerprint density at radius 3 is 2.50 bits per heavy atom. The van der Waals surface area contributed by atoms with Crippen LogP contribution in [0.15, 0.2) is 29.4 Å². The van der Waals surface area contributed by atoms with E-state index in [1.165, 1.54) is 0 Å². The van der Waals surface area contributed by atoms with Crippen molar-refractivity contribution >= 4 is 18.5 Å². The second kappa shape index (κ2) is 3.92. The zero-order valence-corrected chi connectivity index (χ0v) is 8.61. The fourth-order valence-corrected chi connectivity index (χ4v) is 2.07. The minimum absolute atomic E-state index is 0.315. The number of hydrogen-bond acceptors (Lipinski definition) is 3. The Morgan fingerprint density at radius 2 is 2.00 bits per heavy atom. The quantitative estimate of drug-likeness (QED) is 0.290. The molecule has 5 N–H and O–H groups in total. The zero-order valence-electron chi connectivity index (χ0n) is 7.71. The van der Waals surface area contributed by atoms with Crippen LogP contribution >= 0.6 is 7.44 Å². The van der Waals surface area contributed by atoms with Gasteiger partial charge in [0, 0.05) is 10.9 Å². The largest absolute Gasteiger partial charge is 0.411 e. The van der Waals surface area contributed by atoms with Crippen LogP contribution in [-0.4, -0.2) is 10.9 Å². The van der Waals surface area contributed by atoms with Gasteiger partial charge in [0.1, 0.15) is 0 Å². The topological polar surface area (TPSA) is 102 Å². The SMILES string of the molecule is CC(=NO)c1ccccc1P(N)(N)=O. The molecule has 76 valence electrons. The summed E-state index contributed by atoms with van der Waals surface area (Å²) < 4.78 is 11.5. The Balaban J connectivity index is 3.38. The summed E-state index contributed by atoms with van der Waals surface area (Å²) in [6.45, 7) is 1.58. The van der Waals surface area contributed by atoms with Crippen molar-refractivity contribution in [2.24, 2.45) is 16.2 Å². The van der Waals surface area contributed by atoms with Gasteiger partial charge in [-0.1, -0.05) is 23.4 Å². The molecule has 0 saturated heterocycles. The lowest BCUT2D eigenvalue weighted by atomic mass is 10.1. The predicted molar refractivity (Wildman–Crippen MR) is 56.1 cm³/mol. The molecule has 0 atom stereocenters. The monoisotopic (exact) mass is 213 g/mol. The molecule has 0 aliphatic heterocycles. The fraction of sp³-hybridized carbons (Fsp3) is 0.125. The molecule has 14 heavy (non-hydrogen) atoms. The van der Waals surface area contributed by atoms with Gasteiger partial charge in [0.05, 0.1) is 5.71 Å². The lowest BCUT2D eigenvalue weighted by Gasteiger charge is -2.11. The van der Waals surface area contributed by atoms with Gasteiger partial charge in [-0.15, -0.1) is 0 Å². The molecule has 1 aromatic carbocycles. The molecule has 1 rings (SSSR count). The molecule has 0 fully saturated rings. The summed E-state index contributed by atoms with van der Waals surface area (Å²) in [5, 5.41) is 11.9. The summed E-state index contributed by atoms with van der Waals surface area (Å²) in [6.07, 6.45) is 0. The van der Waals surface area contributed by atoms with E-state index < -0.39 is 7.44 Å². The maximum atomic E-state index is 11.5. The lowest BCUT2D eigenvalue weighted by Crippen LogP contribution is -2.23. The molecule has 0 aromatic heterocycles. The number of nitrogens with two attached hydrogens (primary N) is 2. The average molecular weight is 213 g/mol. The van der Waals surface area contributed by atoms with E-state index in [0.29, 0.717) is 16.6 Å². The molecule has 0 spiro atoms. The van der Waals surface area contributed by atoms with Gasteiger partial charge in [-0.25, -0.2) is 0 Å². The number of rotatable bonds is 2. The van der Waals surface area contributed by atoms with Crippen LogP contribution in [0.1, 0.15) is 12.5 Å². The maximum Gasteiger partial charge on any atom is 0.236 e. The maximum absolute atomic E-state index is 11.5. The smallest absolute Gasteiger partial charge is 0.236 e. The first kappa shape index (κ1) is 10.9. The van der Waals surface area contributed by atoms with Crippen LogP contribution in [0, 0.1) is 0 Å². The highest BCUT2D eigenvalue weighted by atomic mass is 31.2. The van der Waals surface area contributed by atoms with E-state index >= 15 is 0 Å². The standard InChI is InChI=1S/C8H12N3O2P/c1-6(11-12)7-4-2-3-5-8(7)14(9,10)13/h2-5,12H,1H3,(H4,9,10,13). The van der Waals surface area contributed by atoms with Gasteiger partial charge in [-0.05, 0) is 13.0 Å². The fourth-order valence-electron chi connectivity index (χ4n) is 1.14. The molecule has 1 aromatic rings. The van der Waals surface area contributed by atoms with E-state index in [0.717, 1.165) is 0 Å². The number of nitrogens with zero attached hydrogens (tertiary/aromatic N) is 1. The Morgan fingerprint density at radius 1 is 1.43 bits per heavy atom. The highest BCUT2D eigenvalue weighted by Gasteiger charge is 2.18. The van der Waals surface area contributed by atoms with Crippen LogP contribution in [0.5, 0.6) is 0 Å². The van der Waals surface area contributed by atoms with Gasteiger partial charge in [0.25, 0.3) is 0 Å². The predicted octanol–water partition coefficient (Wildman–Crippen LogP) is 0.621. The van der Waals surface area contributed by atoms with Gasteiger partial charge in [-0.3, -0.25) is 15.6 Å². The first-order valence-corrected chi connectivity index (χ1v) is 5.77. The van der Waals surface area contributed by atoms with Gasteiger partial charge < -0.3 is 5.21 Å². The molecule has 0 saturated carbocycles. The second-order valence-corrected chi connectivity index (χ2v) is 4.81. The number of benzene rings is 1. The minimum Gasteiger partial charge on any atom is -0.411 e. The molecule has 6 heteroatoms. The van der Waals surface area contributed by atoms with Gasteiger partial charge >= 0.3 is 0 Å². The molecule has 0 bridgehead atoms. The van der Waals surface area contributed by atoms with Crippen molar-refractivity contribution in [3.63, 3.8) is 0 Å². The molecule has 0 amide bonds. The van der Waals surface area contributed by atoms with Crippen LogP contribution in [0.4, 0.5) is 0 Å². The van der Waals surface area contributed by atoms with Gasteiger partial charge in [0.15, 0.2) is 0 Å². The Labute approximate surface area is 81.9 Å². The van der Waals surface area contributed by atoms with Crippen LogP contribution in [0.2, 0.25) is 0 Å². The molecule has 0 radical (unpaired) electrons. The Bertz CT molecular complexity index is 411. The van der Waals surface area contributed by atoms with E-state index in [2.05, 4.69) is 5.16 Å². The molecule has 0 aliphatic carbocycles. The minimum atomic E-state index is -3.31. The van der Waals surface area contributed by atoms with Crippen molar-refractivity contribution in [3.05, 3.63) is 29.8 Å². The summed E-state index contributed by atoms with van der Waals surface area (Å²) in [5.41, 5.74) is 11.5. The molecular weight excluding hydrogens is 201 g/mol. The van der Waals surface area contributed by atoms with Crippen LogP contribution in [-0.2, 0) is 4.57 Å². The van der Waals surface area contributed by atoms with Gasteiger partial charge in [-0.2, -0.15) is 0 Å². The normalized spacial score (nSPS) is 12.9. The average Bonchev–Trinajstić information content (AvgIpc) is 2.15. The van der Waals surface area contributed by atoms with E-state index in [9.17, 15) is 4.57 Å². The van der Waals surface area contributed by atoms with E-state index in [-0.39, 0.29) is 0 Å². The Kier molecular flexibility index (Phi) is 3.06. The van der Waals surface area contributed by atoms with Gasteiger partial charge in [0.2, 0.25) is 7.44 Å². The van der Waals surface area contributed by atoms with Crippen molar-refractivity contribution in [3.8, 4) is 0 Å². The van der Waals surface area contributed by atoms with Crippen molar-refractivity contribution in [1.29, 1.82) is 0 Å². The van der Waals surface area contributed by atoms with Crippen molar-refractivity contribution in [2.45, 2.75) is 6.92 Å². The van der Waals surface area contributed by atoms with E-state index in [4.69, 9.17) is 16.2 Å². The van der Waals surface area contributed by atoms with E-state index in [1.807, 2.05) is 0 Å². The highest BCUT2D eigenvalue weighted by molar-refractivity contribution is 7.67. The summed E-state index contributed by atoms with van der Waals surface area (Å²) in [4.78, 5) is 0. The third kappa shape index (κ3) is 2.20. The summed E-state index contributed by atoms with van der Waals surface area (Å²) in [5.74, 6) is 0. The molecule has 0 aliphatic rings. The first-order valence-electron chi connectivity index (χ1n) is 3.92. The number of hydrogen-bond donors (Lipinski definition) is 3. The Hall–Kier alpha value is -1.16. The van der Waals surface area contributed by atoms with Crippen LogP contribution in [0.25, 0.3) is 0 Å². The van der Waals surface area contributed by atoms with Crippen LogP contribution < -0.4 is 16.3 Å². The van der Waals surface area contributed by atoms with Crippen molar-refractivity contribution < 1.29 is 9.77 Å². The summed E-state index contributed by atoms with van der Waals surface area (Å²) in [6, 6.07) is 6.61. The molecule has 0 unspecified atom stereocenters. The molecule has 0 heterocycles. The van der Waals surface area contributed by atoms with Crippen molar-refractivity contribution in [1.82, 2.24) is 0 Å². The molecular formula is C8H12N3O2P. The first-order chi connectivity index (χ1) is 6.46.